The van der Waals surface area contributed by atoms with Gasteiger partial charge >= 0.3 is 6.03 Å². The summed E-state index contributed by atoms with van der Waals surface area (Å²) in [6.07, 6.45) is 3.76. The van der Waals surface area contributed by atoms with E-state index in [9.17, 15) is 14.0 Å². The van der Waals surface area contributed by atoms with E-state index < -0.39 is 5.82 Å². The fourth-order valence-corrected chi connectivity index (χ4v) is 2.76. The quantitative estimate of drug-likeness (QED) is 0.655. The van der Waals surface area contributed by atoms with Crippen molar-refractivity contribution in [2.75, 3.05) is 39.3 Å². The Morgan fingerprint density at radius 2 is 1.72 bits per heavy atom. The lowest BCUT2D eigenvalue weighted by molar-refractivity contribution is 0.0953. The molecule has 1 heterocycles. The first-order chi connectivity index (χ1) is 12.1. The van der Waals surface area contributed by atoms with Crippen molar-refractivity contribution < 1.29 is 14.0 Å². The number of hydrogen-bond donors (Lipinski definition) is 3. The highest BCUT2D eigenvalue weighted by atomic mass is 19.1. The second-order valence-corrected chi connectivity index (χ2v) is 6.30. The maximum Gasteiger partial charge on any atom is 0.314 e. The predicted molar refractivity (Wildman–Crippen MR) is 95.2 cm³/mol. The summed E-state index contributed by atoms with van der Waals surface area (Å²) >= 11 is 0. The molecular weight excluding hydrogens is 323 g/mol. The Balaban J connectivity index is 1.56. The Morgan fingerprint density at radius 3 is 2.44 bits per heavy atom. The van der Waals surface area contributed by atoms with Crippen LogP contribution in [0, 0.1) is 12.7 Å². The molecule has 0 radical (unpaired) electrons. The number of nitrogens with zero attached hydrogens (tertiary/aromatic N) is 1. The van der Waals surface area contributed by atoms with Crippen LogP contribution < -0.4 is 16.0 Å². The van der Waals surface area contributed by atoms with E-state index in [0.717, 1.165) is 19.6 Å². The highest BCUT2D eigenvalue weighted by Crippen LogP contribution is 2.09. The zero-order valence-corrected chi connectivity index (χ0v) is 14.7. The lowest BCUT2D eigenvalue weighted by Gasteiger charge is -2.26. The third-order valence-electron chi connectivity index (χ3n) is 4.29. The summed E-state index contributed by atoms with van der Waals surface area (Å²) in [4.78, 5) is 25.9. The summed E-state index contributed by atoms with van der Waals surface area (Å²) in [7, 11) is 0. The van der Waals surface area contributed by atoms with Gasteiger partial charge in [-0.25, -0.2) is 9.18 Å². The fourth-order valence-electron chi connectivity index (χ4n) is 2.76. The van der Waals surface area contributed by atoms with Crippen molar-refractivity contribution in [3.05, 3.63) is 35.1 Å². The van der Waals surface area contributed by atoms with E-state index in [-0.39, 0.29) is 24.0 Å². The van der Waals surface area contributed by atoms with Gasteiger partial charge in [0, 0.05) is 31.7 Å². The summed E-state index contributed by atoms with van der Waals surface area (Å²) in [6, 6.07) is 4.12. The van der Waals surface area contributed by atoms with Crippen LogP contribution in [0.15, 0.2) is 18.2 Å². The molecule has 1 aliphatic rings. The molecule has 1 aliphatic heterocycles. The molecule has 3 amide bonds. The molecule has 0 bridgehead atoms. The maximum absolute atomic E-state index is 13.4. The zero-order valence-electron chi connectivity index (χ0n) is 14.7. The SMILES string of the molecule is Cc1ccc(C(=O)NCCNC(=O)NCCN2CCCCC2)cc1F. The zero-order chi connectivity index (χ0) is 18.1. The molecule has 1 aromatic rings. The molecule has 0 spiro atoms. The highest BCUT2D eigenvalue weighted by Gasteiger charge is 2.10. The number of carbonyl (C=O) groups is 2. The van der Waals surface area contributed by atoms with Crippen molar-refractivity contribution in [2.24, 2.45) is 0 Å². The van der Waals surface area contributed by atoms with E-state index in [0.29, 0.717) is 18.7 Å². The summed E-state index contributed by atoms with van der Waals surface area (Å²) in [5.41, 5.74) is 0.772. The summed E-state index contributed by atoms with van der Waals surface area (Å²) in [6.45, 7) is 5.93. The number of rotatable bonds is 7. The number of piperidine rings is 1. The molecule has 0 aliphatic carbocycles. The Morgan fingerprint density at radius 1 is 1.04 bits per heavy atom. The number of hydrogen-bond acceptors (Lipinski definition) is 3. The Hall–Kier alpha value is -2.15. The molecule has 0 unspecified atom stereocenters. The van der Waals surface area contributed by atoms with E-state index in [1.165, 1.54) is 25.3 Å². The topological polar surface area (TPSA) is 73.5 Å². The van der Waals surface area contributed by atoms with E-state index in [4.69, 9.17) is 0 Å². The van der Waals surface area contributed by atoms with Gasteiger partial charge in [0.05, 0.1) is 0 Å². The van der Waals surface area contributed by atoms with Gasteiger partial charge in [0.1, 0.15) is 5.82 Å². The van der Waals surface area contributed by atoms with E-state index in [2.05, 4.69) is 20.9 Å². The van der Waals surface area contributed by atoms with Gasteiger partial charge in [0.2, 0.25) is 0 Å². The highest BCUT2D eigenvalue weighted by molar-refractivity contribution is 5.94. The first kappa shape index (κ1) is 19.2. The number of amides is 3. The van der Waals surface area contributed by atoms with Crippen LogP contribution in [0.5, 0.6) is 0 Å². The van der Waals surface area contributed by atoms with Crippen LogP contribution in [0.2, 0.25) is 0 Å². The molecule has 0 aromatic heterocycles. The predicted octanol–water partition coefficient (Wildman–Crippen LogP) is 1.65. The van der Waals surface area contributed by atoms with Gasteiger partial charge in [-0.1, -0.05) is 12.5 Å². The fraction of sp³-hybridized carbons (Fsp3) is 0.556. The van der Waals surface area contributed by atoms with Crippen LogP contribution in [-0.2, 0) is 0 Å². The first-order valence-electron chi connectivity index (χ1n) is 8.84. The van der Waals surface area contributed by atoms with Gasteiger partial charge in [-0.2, -0.15) is 0 Å². The molecule has 1 aromatic carbocycles. The van der Waals surface area contributed by atoms with Gasteiger partial charge in [-0.05, 0) is 50.6 Å². The normalized spacial score (nSPS) is 14.8. The molecule has 3 N–H and O–H groups in total. The molecule has 1 saturated heterocycles. The molecule has 6 nitrogen and oxygen atoms in total. The lowest BCUT2D eigenvalue weighted by Crippen LogP contribution is -2.43. The molecule has 25 heavy (non-hydrogen) atoms. The number of urea groups is 1. The summed E-state index contributed by atoms with van der Waals surface area (Å²) < 4.78 is 13.4. The van der Waals surface area contributed by atoms with Crippen LogP contribution in [0.1, 0.15) is 35.2 Å². The van der Waals surface area contributed by atoms with E-state index >= 15 is 0 Å². The average Bonchev–Trinajstić information content (AvgIpc) is 2.62. The second-order valence-electron chi connectivity index (χ2n) is 6.30. The number of benzene rings is 1. The number of likely N-dealkylation sites (tertiary alicyclic amines) is 1. The third-order valence-corrected chi connectivity index (χ3v) is 4.29. The minimum Gasteiger partial charge on any atom is -0.350 e. The van der Waals surface area contributed by atoms with Crippen molar-refractivity contribution >= 4 is 11.9 Å². The summed E-state index contributed by atoms with van der Waals surface area (Å²) in [5, 5.41) is 8.15. The minimum atomic E-state index is -0.404. The van der Waals surface area contributed by atoms with Crippen LogP contribution in [0.4, 0.5) is 9.18 Å². The Bertz CT molecular complexity index is 588. The number of aryl methyl sites for hydroxylation is 1. The lowest BCUT2D eigenvalue weighted by atomic mass is 10.1. The second kappa shape index (κ2) is 9.98. The molecular formula is C18H27FN4O2. The molecule has 0 atom stereocenters. The van der Waals surface area contributed by atoms with E-state index in [1.807, 2.05) is 0 Å². The van der Waals surface area contributed by atoms with Gasteiger partial charge in [-0.15, -0.1) is 0 Å². The van der Waals surface area contributed by atoms with Crippen LogP contribution in [0.25, 0.3) is 0 Å². The molecule has 7 heteroatoms. The molecule has 2 rings (SSSR count). The Kier molecular flexibility index (Phi) is 7.66. The van der Waals surface area contributed by atoms with Crippen molar-refractivity contribution in [3.63, 3.8) is 0 Å². The third kappa shape index (κ3) is 6.70. The van der Waals surface area contributed by atoms with Crippen LogP contribution >= 0.6 is 0 Å². The van der Waals surface area contributed by atoms with Crippen molar-refractivity contribution in [3.8, 4) is 0 Å². The average molecular weight is 350 g/mol. The van der Waals surface area contributed by atoms with Gasteiger partial charge < -0.3 is 20.9 Å². The molecule has 1 fully saturated rings. The maximum atomic E-state index is 13.4. The van der Waals surface area contributed by atoms with Gasteiger partial charge in [0.25, 0.3) is 5.91 Å². The van der Waals surface area contributed by atoms with E-state index in [1.54, 1.807) is 19.1 Å². The van der Waals surface area contributed by atoms with Crippen molar-refractivity contribution in [2.45, 2.75) is 26.2 Å². The molecule has 0 saturated carbocycles. The van der Waals surface area contributed by atoms with Gasteiger partial charge in [0.15, 0.2) is 0 Å². The monoisotopic (exact) mass is 350 g/mol. The van der Waals surface area contributed by atoms with Crippen molar-refractivity contribution in [1.29, 1.82) is 0 Å². The first-order valence-corrected chi connectivity index (χ1v) is 8.84. The van der Waals surface area contributed by atoms with Crippen molar-refractivity contribution in [1.82, 2.24) is 20.9 Å². The largest absolute Gasteiger partial charge is 0.350 e. The number of halogens is 1. The minimum absolute atomic E-state index is 0.243. The molecule has 138 valence electrons. The van der Waals surface area contributed by atoms with Crippen LogP contribution in [-0.4, -0.2) is 56.1 Å². The van der Waals surface area contributed by atoms with Crippen LogP contribution in [0.3, 0.4) is 0 Å². The smallest absolute Gasteiger partial charge is 0.314 e. The Labute approximate surface area is 148 Å². The summed E-state index contributed by atoms with van der Waals surface area (Å²) in [5.74, 6) is -0.759. The number of nitrogens with one attached hydrogen (secondary N) is 3. The number of carbonyl (C=O) groups excluding carboxylic acids is 2. The standard InChI is InChI=1S/C18H27FN4O2/c1-14-5-6-15(13-16(14)19)17(24)20-7-8-21-18(25)22-9-12-23-10-3-2-4-11-23/h5-6,13H,2-4,7-12H2,1H3,(H,20,24)(H2,21,22,25). The van der Waals surface area contributed by atoms with Gasteiger partial charge in [-0.3, -0.25) is 4.79 Å².